The first-order valence-electron chi connectivity index (χ1n) is 25.3. The highest BCUT2D eigenvalue weighted by Gasteiger charge is 2.53. The van der Waals surface area contributed by atoms with E-state index in [0.717, 1.165) is 6.08 Å². The fraction of sp³-hybridized carbons (Fsp3) is 0.939. The maximum absolute atomic E-state index is 13.4. The van der Waals surface area contributed by atoms with Crippen molar-refractivity contribution in [1.82, 2.24) is 0 Å². The third kappa shape index (κ3) is 17.6. The molecule has 0 spiro atoms. The standard InChI is InChI=1S/C49H88O20/c1-23-14-15-32(52)18-33(53)16-31(51)11-9-13-40(59)67-45(26(4)43(61)25(3)42(60)24(2)28(6)65-41-21-37(56)44(62)29(7)66-41)27(5)46-47(68-46)36(55)12-8-10-30(50)17-34(54)19-35-20-38(57)48(63)49(64,69-35)22-39(23)58/h9,13,23-39,41-48,50-58,60-64H,8,10-12,14-22H2,1-7H3/b13-9-/t23-,24+,25-,26+,27-,28+,29+,30-,31+,32+,33+,34+,35-,36+,37+,38+,39-,41-,42+,43+,44-,45-,46+,47+,48-,49+/m1/s1. The van der Waals surface area contributed by atoms with Gasteiger partial charge < -0.3 is 95.2 Å². The van der Waals surface area contributed by atoms with Crippen LogP contribution in [0.3, 0.4) is 0 Å². The molecule has 4 heterocycles. The summed E-state index contributed by atoms with van der Waals surface area (Å²) in [6.07, 6.45) is -18.2. The lowest BCUT2D eigenvalue weighted by Gasteiger charge is -2.45. The Bertz CT molecular complexity index is 1530. The van der Waals surface area contributed by atoms with Gasteiger partial charge in [0.2, 0.25) is 0 Å². The third-order valence-corrected chi connectivity index (χ3v) is 15.4. The molecule has 0 aromatic heterocycles. The minimum atomic E-state index is -2.36. The second-order valence-corrected chi connectivity index (χ2v) is 21.3. The van der Waals surface area contributed by atoms with Crippen LogP contribution in [0, 0.1) is 29.6 Å². The lowest BCUT2D eigenvalue weighted by atomic mass is 9.77. The van der Waals surface area contributed by atoms with Crippen LogP contribution >= 0.6 is 0 Å². The van der Waals surface area contributed by atoms with E-state index in [1.165, 1.54) is 6.08 Å². The molecule has 0 radical (unpaired) electrons. The summed E-state index contributed by atoms with van der Waals surface area (Å²) in [6, 6.07) is 0. The van der Waals surface area contributed by atoms with E-state index in [4.69, 9.17) is 23.7 Å². The summed E-state index contributed by atoms with van der Waals surface area (Å²) >= 11 is 0. The Labute approximate surface area is 406 Å². The van der Waals surface area contributed by atoms with Crippen LogP contribution in [0.15, 0.2) is 12.2 Å². The topological polar surface area (TPSA) is 350 Å². The number of aliphatic hydroxyl groups excluding tert-OH is 13. The molecule has 20 heteroatoms. The zero-order valence-electron chi connectivity index (χ0n) is 41.5. The number of rotatable bonds is 8. The number of cyclic esters (lactones) is 1. The third-order valence-electron chi connectivity index (χ3n) is 15.4. The molecule has 14 N–H and O–H groups in total. The summed E-state index contributed by atoms with van der Waals surface area (Å²) in [4.78, 5) is 13.4. The molecule has 0 unspecified atom stereocenters. The van der Waals surface area contributed by atoms with Crippen molar-refractivity contribution in [3.63, 3.8) is 0 Å². The second-order valence-electron chi connectivity index (χ2n) is 21.3. The molecule has 4 aliphatic heterocycles. The van der Waals surface area contributed by atoms with Crippen LogP contribution in [0.25, 0.3) is 0 Å². The van der Waals surface area contributed by atoms with Gasteiger partial charge in [-0.05, 0) is 84.0 Å². The highest BCUT2D eigenvalue weighted by molar-refractivity contribution is 5.82. The van der Waals surface area contributed by atoms with Crippen LogP contribution < -0.4 is 0 Å². The fourth-order valence-electron chi connectivity index (χ4n) is 10.4. The van der Waals surface area contributed by atoms with E-state index < -0.39 is 170 Å². The molecule has 4 rings (SSSR count). The van der Waals surface area contributed by atoms with Gasteiger partial charge in [0.1, 0.15) is 24.4 Å². The number of epoxide rings is 1. The van der Waals surface area contributed by atoms with E-state index in [9.17, 15) is 76.3 Å². The number of hydrogen-bond donors (Lipinski definition) is 14. The predicted molar refractivity (Wildman–Crippen MR) is 246 cm³/mol. The van der Waals surface area contributed by atoms with Gasteiger partial charge in [0.15, 0.2) is 12.1 Å². The van der Waals surface area contributed by atoms with Crippen molar-refractivity contribution in [3.8, 4) is 0 Å². The lowest BCUT2D eigenvalue weighted by Crippen LogP contribution is -2.59. The van der Waals surface area contributed by atoms with E-state index in [1.54, 1.807) is 48.5 Å². The molecule has 0 aromatic rings. The van der Waals surface area contributed by atoms with Crippen molar-refractivity contribution >= 4 is 5.97 Å². The molecule has 3 saturated heterocycles. The maximum Gasteiger partial charge on any atom is 0.330 e. The Morgan fingerprint density at radius 3 is 1.93 bits per heavy atom. The van der Waals surface area contributed by atoms with Crippen molar-refractivity contribution in [2.75, 3.05) is 0 Å². The van der Waals surface area contributed by atoms with E-state index in [-0.39, 0.29) is 70.6 Å². The van der Waals surface area contributed by atoms with E-state index in [0.29, 0.717) is 6.42 Å². The minimum Gasteiger partial charge on any atom is -0.458 e. The van der Waals surface area contributed by atoms with Crippen molar-refractivity contribution in [2.45, 2.75) is 260 Å². The molecule has 2 bridgehead atoms. The first kappa shape index (κ1) is 60.0. The fourth-order valence-corrected chi connectivity index (χ4v) is 10.4. The second kappa shape index (κ2) is 27.1. The first-order valence-corrected chi connectivity index (χ1v) is 25.3. The Morgan fingerprint density at radius 2 is 1.28 bits per heavy atom. The van der Waals surface area contributed by atoms with Gasteiger partial charge in [-0.2, -0.15) is 0 Å². The molecule has 0 aliphatic carbocycles. The Kier molecular flexibility index (Phi) is 23.6. The molecule has 0 aromatic carbocycles. The van der Waals surface area contributed by atoms with Crippen molar-refractivity contribution in [2.24, 2.45) is 29.6 Å². The normalized spacial score (nSPS) is 45.6. The minimum absolute atomic E-state index is 0.0279. The van der Waals surface area contributed by atoms with Gasteiger partial charge >= 0.3 is 5.97 Å². The number of carbonyl (C=O) groups is 1. The number of ether oxygens (including phenoxy) is 5. The average molecular weight is 997 g/mol. The molecular formula is C49H88O20. The van der Waals surface area contributed by atoms with Crippen molar-refractivity contribution in [1.29, 1.82) is 0 Å². The van der Waals surface area contributed by atoms with Crippen molar-refractivity contribution in [3.05, 3.63) is 12.2 Å². The number of aliphatic hydroxyl groups is 14. The molecule has 0 saturated carbocycles. The van der Waals surface area contributed by atoms with Crippen LogP contribution in [-0.2, 0) is 28.5 Å². The SMILES string of the molecule is C[C@H]([C@@H](O)[C@@H](C)[C@H](C)O[C@H]1C[C@H](O)[C@H](O)[C@H](C)O1)[C@H](O)[C@H](C)[C@H]1OC(=O)/C=C\C[C@H](O)C[C@H](O)C[C@@H](O)CC[C@@H](C)[C@H](O)C[C@]2(O)O[C@H](C[C@@H](O)C[C@H](O)CCC[C@H](O)[C@@H]3O[C@H]3[C@@H]1C)C[C@H](O)[C@H]2O. The van der Waals surface area contributed by atoms with Gasteiger partial charge in [-0.3, -0.25) is 0 Å². The van der Waals surface area contributed by atoms with Crippen molar-refractivity contribution < 1.29 is 100.0 Å². The van der Waals surface area contributed by atoms with Crippen LogP contribution in [0.4, 0.5) is 0 Å². The van der Waals surface area contributed by atoms with Crippen LogP contribution in [0.2, 0.25) is 0 Å². The van der Waals surface area contributed by atoms with E-state index in [1.807, 2.05) is 0 Å². The number of hydrogen-bond acceptors (Lipinski definition) is 20. The van der Waals surface area contributed by atoms with Gasteiger partial charge in [-0.15, -0.1) is 0 Å². The molecule has 3 fully saturated rings. The monoisotopic (exact) mass is 997 g/mol. The molecule has 26 atom stereocenters. The van der Waals surface area contributed by atoms with Gasteiger partial charge in [0.25, 0.3) is 0 Å². The Hall–Kier alpha value is -1.51. The molecular weight excluding hydrogens is 909 g/mol. The van der Waals surface area contributed by atoms with Crippen LogP contribution in [0.5, 0.6) is 0 Å². The quantitative estimate of drug-likeness (QED) is 0.107. The van der Waals surface area contributed by atoms with Gasteiger partial charge in [0.05, 0.1) is 91.6 Å². The zero-order valence-corrected chi connectivity index (χ0v) is 41.5. The Morgan fingerprint density at radius 1 is 0.652 bits per heavy atom. The van der Waals surface area contributed by atoms with Gasteiger partial charge in [-0.25, -0.2) is 4.79 Å². The first-order chi connectivity index (χ1) is 32.2. The summed E-state index contributed by atoms with van der Waals surface area (Å²) in [6.45, 7) is 11.8. The summed E-state index contributed by atoms with van der Waals surface area (Å²) in [7, 11) is 0. The molecule has 0 amide bonds. The maximum atomic E-state index is 13.4. The molecule has 4 aliphatic rings. The summed E-state index contributed by atoms with van der Waals surface area (Å²) in [5.74, 6) is -6.45. The van der Waals surface area contributed by atoms with E-state index in [2.05, 4.69) is 0 Å². The van der Waals surface area contributed by atoms with Crippen LogP contribution in [0.1, 0.15) is 132 Å². The zero-order chi connectivity index (χ0) is 51.7. The highest BCUT2D eigenvalue weighted by atomic mass is 16.7. The average Bonchev–Trinajstić information content (AvgIpc) is 4.08. The summed E-state index contributed by atoms with van der Waals surface area (Å²) in [5, 5.41) is 152. The summed E-state index contributed by atoms with van der Waals surface area (Å²) < 4.78 is 29.5. The number of esters is 1. The highest BCUT2D eigenvalue weighted by Crippen LogP contribution is 2.40. The molecule has 69 heavy (non-hydrogen) atoms. The van der Waals surface area contributed by atoms with Crippen LogP contribution in [-0.4, -0.2) is 206 Å². The smallest absolute Gasteiger partial charge is 0.330 e. The van der Waals surface area contributed by atoms with Gasteiger partial charge in [-0.1, -0.05) is 40.7 Å². The predicted octanol–water partition coefficient (Wildman–Crippen LogP) is -0.584. The molecule has 404 valence electrons. The Balaban J connectivity index is 1.47. The van der Waals surface area contributed by atoms with Gasteiger partial charge in [0, 0.05) is 49.0 Å². The summed E-state index contributed by atoms with van der Waals surface area (Å²) in [5.41, 5.74) is 0. The number of fused-ring (bicyclic) bond motifs is 3. The lowest BCUT2D eigenvalue weighted by molar-refractivity contribution is -0.333. The largest absolute Gasteiger partial charge is 0.458 e. The molecule has 20 nitrogen and oxygen atoms in total. The van der Waals surface area contributed by atoms with E-state index >= 15 is 0 Å². The number of carbonyl (C=O) groups excluding carboxylic acids is 1.